The van der Waals surface area contributed by atoms with Crippen molar-refractivity contribution in [3.63, 3.8) is 0 Å². The van der Waals surface area contributed by atoms with Crippen LogP contribution in [0.5, 0.6) is 0 Å². The second-order valence-corrected chi connectivity index (χ2v) is 11.1. The van der Waals surface area contributed by atoms with E-state index in [-0.39, 0.29) is 11.4 Å². The SMILES string of the molecule is Cc1nc([C@@H]2OC(CO)[C@H](O)[C@H](n3cc(-c4cc(F)c(Cl)c(F)c4)cn3)C2O)n(-c2ccc3nc(C)sc3c2)n1. The highest BCUT2D eigenvalue weighted by molar-refractivity contribution is 7.18. The van der Waals surface area contributed by atoms with Crippen LogP contribution >= 0.6 is 22.9 Å². The van der Waals surface area contributed by atoms with Crippen molar-refractivity contribution in [2.75, 3.05) is 6.61 Å². The summed E-state index contributed by atoms with van der Waals surface area (Å²) < 4.78 is 37.9. The van der Waals surface area contributed by atoms with E-state index in [0.717, 1.165) is 27.4 Å². The Morgan fingerprint density at radius 2 is 1.80 bits per heavy atom. The lowest BCUT2D eigenvalue weighted by Crippen LogP contribution is -2.53. The molecular weight excluding hydrogens is 566 g/mol. The summed E-state index contributed by atoms with van der Waals surface area (Å²) in [5.74, 6) is -1.19. The molecule has 6 rings (SSSR count). The molecule has 3 N–H and O–H groups in total. The van der Waals surface area contributed by atoms with E-state index in [1.807, 2.05) is 25.1 Å². The number of hydrogen-bond acceptors (Lipinski definition) is 9. The molecule has 1 saturated heterocycles. The van der Waals surface area contributed by atoms with Gasteiger partial charge in [-0.1, -0.05) is 11.6 Å². The number of fused-ring (bicyclic) bond motifs is 1. The van der Waals surface area contributed by atoms with Gasteiger partial charge in [-0.2, -0.15) is 10.2 Å². The number of aryl methyl sites for hydroxylation is 2. The highest BCUT2D eigenvalue weighted by atomic mass is 35.5. The minimum atomic E-state index is -1.40. The zero-order valence-corrected chi connectivity index (χ0v) is 22.7. The normalized spacial score (nSPS) is 23.2. The summed E-state index contributed by atoms with van der Waals surface area (Å²) >= 11 is 7.14. The van der Waals surface area contributed by atoms with Crippen LogP contribution in [0.15, 0.2) is 42.7 Å². The van der Waals surface area contributed by atoms with Crippen LogP contribution < -0.4 is 0 Å². The number of aliphatic hydroxyl groups excluding tert-OH is 3. The summed E-state index contributed by atoms with van der Waals surface area (Å²) in [7, 11) is 0. The van der Waals surface area contributed by atoms with Crippen LogP contribution in [0.3, 0.4) is 0 Å². The van der Waals surface area contributed by atoms with Crippen molar-refractivity contribution in [1.82, 2.24) is 29.5 Å². The van der Waals surface area contributed by atoms with E-state index >= 15 is 0 Å². The average Bonchev–Trinajstić information content (AvgIpc) is 3.64. The molecule has 0 amide bonds. The first-order valence-electron chi connectivity index (χ1n) is 12.3. The van der Waals surface area contributed by atoms with E-state index in [4.69, 9.17) is 16.3 Å². The van der Waals surface area contributed by atoms with Crippen LogP contribution in [0.2, 0.25) is 5.02 Å². The predicted molar refractivity (Wildman–Crippen MR) is 142 cm³/mol. The first-order valence-corrected chi connectivity index (χ1v) is 13.5. The van der Waals surface area contributed by atoms with E-state index < -0.39 is 53.7 Å². The number of halogens is 3. The van der Waals surface area contributed by atoms with E-state index in [9.17, 15) is 24.1 Å². The Labute approximate surface area is 235 Å². The van der Waals surface area contributed by atoms with Crippen LogP contribution in [0.1, 0.15) is 28.8 Å². The Balaban J connectivity index is 1.39. The monoisotopic (exact) mass is 588 g/mol. The lowest BCUT2D eigenvalue weighted by Gasteiger charge is -2.41. The predicted octanol–water partition coefficient (Wildman–Crippen LogP) is 3.68. The van der Waals surface area contributed by atoms with Crippen molar-refractivity contribution < 1.29 is 28.8 Å². The first kappa shape index (κ1) is 26.9. The zero-order valence-electron chi connectivity index (χ0n) is 21.1. The summed E-state index contributed by atoms with van der Waals surface area (Å²) in [5, 5.41) is 41.6. The van der Waals surface area contributed by atoms with Crippen molar-refractivity contribution in [2.45, 2.75) is 44.3 Å². The molecule has 208 valence electrons. The van der Waals surface area contributed by atoms with Gasteiger partial charge < -0.3 is 20.1 Å². The Kier molecular flexibility index (Phi) is 6.89. The molecule has 40 heavy (non-hydrogen) atoms. The lowest BCUT2D eigenvalue weighted by molar-refractivity contribution is -0.210. The van der Waals surface area contributed by atoms with Crippen LogP contribution in [-0.4, -0.2) is 69.8 Å². The maximum atomic E-state index is 14.1. The molecular formula is C26H23ClF2N6O4S. The Bertz CT molecular complexity index is 1700. The van der Waals surface area contributed by atoms with Crippen LogP contribution in [0.25, 0.3) is 27.0 Å². The van der Waals surface area contributed by atoms with Gasteiger partial charge in [-0.15, -0.1) is 11.3 Å². The summed E-state index contributed by atoms with van der Waals surface area (Å²) in [4.78, 5) is 9.00. The van der Waals surface area contributed by atoms with Gasteiger partial charge in [0.05, 0.1) is 33.7 Å². The molecule has 10 nitrogen and oxygen atoms in total. The molecule has 3 aromatic heterocycles. The highest BCUT2D eigenvalue weighted by Gasteiger charge is 2.48. The standard InChI is InChI=1S/C26H23ClF2N6O4S/c1-11-31-26(35(33-11)15-3-4-18-20(7-15)40-12(2)32-18)25-24(38)22(23(37)19(10-36)39-25)34-9-14(8-30-34)13-5-16(28)21(27)17(29)6-13/h3-9,19,22-25,36-38H,10H2,1-2H3/t19?,22-,23-,24?,25+/m0/s1. The number of benzene rings is 2. The minimum Gasteiger partial charge on any atom is -0.394 e. The molecule has 4 heterocycles. The number of rotatable bonds is 5. The fraction of sp³-hybridized carbons (Fsp3) is 0.308. The van der Waals surface area contributed by atoms with Crippen molar-refractivity contribution in [1.29, 1.82) is 0 Å². The number of nitrogens with zero attached hydrogens (tertiary/aromatic N) is 6. The molecule has 1 aliphatic heterocycles. The molecule has 1 aliphatic rings. The van der Waals surface area contributed by atoms with Crippen LogP contribution in [-0.2, 0) is 4.74 Å². The molecule has 0 spiro atoms. The highest BCUT2D eigenvalue weighted by Crippen LogP contribution is 2.39. The molecule has 0 aliphatic carbocycles. The zero-order chi connectivity index (χ0) is 28.3. The minimum absolute atomic E-state index is 0.168. The topological polar surface area (TPSA) is 131 Å². The molecule has 0 bridgehead atoms. The van der Waals surface area contributed by atoms with Gasteiger partial charge in [-0.25, -0.2) is 23.4 Å². The molecule has 2 aromatic carbocycles. The van der Waals surface area contributed by atoms with Gasteiger partial charge in [0, 0.05) is 11.8 Å². The van der Waals surface area contributed by atoms with Crippen molar-refractivity contribution >= 4 is 33.2 Å². The van der Waals surface area contributed by atoms with Crippen molar-refractivity contribution in [3.8, 4) is 16.8 Å². The Morgan fingerprint density at radius 1 is 1.05 bits per heavy atom. The van der Waals surface area contributed by atoms with E-state index in [1.54, 1.807) is 11.6 Å². The fourth-order valence-electron chi connectivity index (χ4n) is 4.97. The van der Waals surface area contributed by atoms with Gasteiger partial charge in [-0.05, 0) is 49.7 Å². The Morgan fingerprint density at radius 3 is 2.52 bits per heavy atom. The number of ether oxygens (including phenoxy) is 1. The molecule has 5 aromatic rings. The third-order valence-corrected chi connectivity index (χ3v) is 8.13. The summed E-state index contributed by atoms with van der Waals surface area (Å²) in [6, 6.07) is 6.62. The molecule has 0 radical (unpaired) electrons. The number of aliphatic hydroxyl groups is 3. The summed E-state index contributed by atoms with van der Waals surface area (Å²) in [6.07, 6.45) is -2.22. The second-order valence-electron chi connectivity index (χ2n) is 9.53. The van der Waals surface area contributed by atoms with Gasteiger partial charge in [0.15, 0.2) is 5.82 Å². The van der Waals surface area contributed by atoms with Crippen molar-refractivity contribution in [2.24, 2.45) is 0 Å². The number of thiazole rings is 1. The van der Waals surface area contributed by atoms with E-state index in [2.05, 4.69) is 20.2 Å². The van der Waals surface area contributed by atoms with E-state index in [0.29, 0.717) is 17.1 Å². The third kappa shape index (κ3) is 4.58. The largest absolute Gasteiger partial charge is 0.394 e. The van der Waals surface area contributed by atoms with Gasteiger partial charge in [0.25, 0.3) is 0 Å². The second kappa shape index (κ2) is 10.3. The molecule has 0 saturated carbocycles. The van der Waals surface area contributed by atoms with Gasteiger partial charge in [0.2, 0.25) is 0 Å². The summed E-state index contributed by atoms with van der Waals surface area (Å²) in [6.45, 7) is 3.06. The van der Waals surface area contributed by atoms with E-state index in [1.165, 1.54) is 28.4 Å². The lowest BCUT2D eigenvalue weighted by atomic mass is 9.92. The fourth-order valence-corrected chi connectivity index (χ4v) is 5.94. The average molecular weight is 589 g/mol. The van der Waals surface area contributed by atoms with Gasteiger partial charge >= 0.3 is 0 Å². The van der Waals surface area contributed by atoms with Gasteiger partial charge in [0.1, 0.15) is 52.9 Å². The molecule has 1 fully saturated rings. The number of hydrogen-bond donors (Lipinski definition) is 3. The van der Waals surface area contributed by atoms with Crippen LogP contribution in [0, 0.1) is 25.5 Å². The molecule has 5 atom stereocenters. The maximum absolute atomic E-state index is 14.1. The Hall–Kier alpha value is -3.33. The number of aromatic nitrogens is 6. The molecule has 2 unspecified atom stereocenters. The first-order chi connectivity index (χ1) is 19.1. The molecule has 14 heteroatoms. The van der Waals surface area contributed by atoms with Crippen molar-refractivity contribution in [3.05, 3.63) is 76.0 Å². The maximum Gasteiger partial charge on any atom is 0.164 e. The summed E-state index contributed by atoms with van der Waals surface area (Å²) in [5.41, 5.74) is 2.00. The van der Waals surface area contributed by atoms with Crippen LogP contribution in [0.4, 0.5) is 8.78 Å². The smallest absolute Gasteiger partial charge is 0.164 e. The third-order valence-electron chi connectivity index (χ3n) is 6.83. The van der Waals surface area contributed by atoms with Gasteiger partial charge in [-0.3, -0.25) is 4.68 Å². The quantitative estimate of drug-likeness (QED) is 0.265.